The lowest BCUT2D eigenvalue weighted by Gasteiger charge is -2.22. The fraction of sp³-hybridized carbons (Fsp3) is 0.316. The van der Waals surface area contributed by atoms with Crippen LogP contribution in [0, 0.1) is 26.2 Å². The van der Waals surface area contributed by atoms with E-state index in [2.05, 4.69) is 15.4 Å². The van der Waals surface area contributed by atoms with Gasteiger partial charge in [-0.15, -0.1) is 0 Å². The van der Waals surface area contributed by atoms with Gasteiger partial charge in [-0.05, 0) is 87.4 Å². The molecule has 268 valence electrons. The Morgan fingerprint density at radius 2 is 1.55 bits per heavy atom. The number of hydrogen-bond acceptors (Lipinski definition) is 7. The fourth-order valence-electron chi connectivity index (χ4n) is 6.58. The second-order valence-electron chi connectivity index (χ2n) is 13.4. The number of primary amides is 1. The first kappa shape index (κ1) is 36.8. The largest absolute Gasteiger partial charge is 0.487 e. The fourth-order valence-corrected chi connectivity index (χ4v) is 8.11. The van der Waals surface area contributed by atoms with E-state index in [4.69, 9.17) is 15.9 Å². The van der Waals surface area contributed by atoms with Crippen LogP contribution in [0.1, 0.15) is 76.5 Å². The number of fused-ring (bicyclic) bond motifs is 1. The zero-order valence-electron chi connectivity index (χ0n) is 29.4. The van der Waals surface area contributed by atoms with Gasteiger partial charge in [0, 0.05) is 24.7 Å². The third-order valence-electron chi connectivity index (χ3n) is 9.15. The maximum Gasteiger partial charge on any atom is 0.264 e. The van der Waals surface area contributed by atoms with Gasteiger partial charge in [-0.25, -0.2) is 13.1 Å². The Bertz CT molecular complexity index is 2090. The van der Waals surface area contributed by atoms with Gasteiger partial charge < -0.3 is 25.7 Å². The zero-order chi connectivity index (χ0) is 37.1. The van der Waals surface area contributed by atoms with Gasteiger partial charge in [-0.3, -0.25) is 19.8 Å². The molecule has 1 atom stereocenters. The van der Waals surface area contributed by atoms with Crippen LogP contribution < -0.4 is 31.4 Å². The maximum absolute atomic E-state index is 13.7. The minimum absolute atomic E-state index is 0.0732. The molecule has 4 aromatic rings. The number of nitrogens with zero attached hydrogens (tertiary/aromatic N) is 1. The standard InChI is InChI=1S/C38H44N6O6S/c1-23-24(2)33(25(3)29-22-38(4,5)50-32(23)29)51(48,49)43-37(40)41-20-12-19-30(34(39)45)42-35(46)28-18-13-21-44(36(28)47)31(26-14-8-6-9-15-26)27-16-10-7-11-17-27/h6-11,13-18,21,30-31H,12,19-20,22H2,1-5H3,(H2,39,45)(H,42,46)(H3,40,41,43)/t30-/m0/s1. The number of benzene rings is 3. The van der Waals surface area contributed by atoms with Crippen LogP contribution in [0.15, 0.2) is 88.7 Å². The first-order valence-electron chi connectivity index (χ1n) is 16.7. The van der Waals surface area contributed by atoms with Gasteiger partial charge in [0.2, 0.25) is 11.9 Å². The van der Waals surface area contributed by atoms with Crippen molar-refractivity contribution in [2.24, 2.45) is 5.73 Å². The van der Waals surface area contributed by atoms with Gasteiger partial charge in [-0.1, -0.05) is 60.7 Å². The lowest BCUT2D eigenvalue weighted by molar-refractivity contribution is -0.120. The smallest absolute Gasteiger partial charge is 0.264 e. The summed E-state index contributed by atoms with van der Waals surface area (Å²) in [6.45, 7) is 9.29. The van der Waals surface area contributed by atoms with Gasteiger partial charge in [0.15, 0.2) is 0 Å². The first-order chi connectivity index (χ1) is 24.1. The molecule has 0 fully saturated rings. The number of carbonyl (C=O) groups is 2. The Kier molecular flexibility index (Phi) is 10.7. The van der Waals surface area contributed by atoms with Crippen molar-refractivity contribution in [1.82, 2.24) is 19.9 Å². The van der Waals surface area contributed by atoms with Crippen LogP contribution in [-0.4, -0.2) is 48.9 Å². The minimum Gasteiger partial charge on any atom is -0.487 e. The molecule has 0 aliphatic carbocycles. The molecular formula is C38H44N6O6S. The number of rotatable bonds is 12. The average molecular weight is 713 g/mol. The number of guanidine groups is 1. The van der Waals surface area contributed by atoms with Crippen LogP contribution >= 0.6 is 0 Å². The molecule has 0 spiro atoms. The number of nitrogens with two attached hydrogens (primary N) is 1. The van der Waals surface area contributed by atoms with Crippen molar-refractivity contribution >= 4 is 27.8 Å². The van der Waals surface area contributed by atoms with E-state index in [0.29, 0.717) is 23.3 Å². The second-order valence-corrected chi connectivity index (χ2v) is 15.0. The van der Waals surface area contributed by atoms with Gasteiger partial charge >= 0.3 is 0 Å². The minimum atomic E-state index is -4.12. The number of aromatic nitrogens is 1. The van der Waals surface area contributed by atoms with Crippen LogP contribution in [0.25, 0.3) is 0 Å². The first-order valence-corrected chi connectivity index (χ1v) is 18.2. The van der Waals surface area contributed by atoms with Crippen molar-refractivity contribution < 1.29 is 22.7 Å². The molecule has 0 radical (unpaired) electrons. The third kappa shape index (κ3) is 7.99. The summed E-state index contributed by atoms with van der Waals surface area (Å²) in [6.07, 6.45) is 2.49. The summed E-state index contributed by atoms with van der Waals surface area (Å²) in [5.74, 6) is -1.29. The Balaban J connectivity index is 1.23. The van der Waals surface area contributed by atoms with E-state index in [-0.39, 0.29) is 29.8 Å². The van der Waals surface area contributed by atoms with E-state index in [0.717, 1.165) is 22.3 Å². The predicted octanol–water partition coefficient (Wildman–Crippen LogP) is 3.99. The normalized spacial score (nSPS) is 13.9. The molecule has 0 saturated carbocycles. The highest BCUT2D eigenvalue weighted by Crippen LogP contribution is 2.43. The van der Waals surface area contributed by atoms with Crippen LogP contribution in [0.3, 0.4) is 0 Å². The van der Waals surface area contributed by atoms with Crippen LogP contribution in [0.5, 0.6) is 5.75 Å². The number of carbonyl (C=O) groups excluding carboxylic acids is 2. The Labute approximate surface area is 298 Å². The highest BCUT2D eigenvalue weighted by Gasteiger charge is 2.37. The van der Waals surface area contributed by atoms with Crippen molar-refractivity contribution in [2.45, 2.75) is 76.5 Å². The molecule has 1 aliphatic rings. The highest BCUT2D eigenvalue weighted by molar-refractivity contribution is 7.90. The van der Waals surface area contributed by atoms with E-state index < -0.39 is 51.0 Å². The van der Waals surface area contributed by atoms with Gasteiger partial charge in [0.05, 0.1) is 10.9 Å². The molecule has 3 aromatic carbocycles. The van der Waals surface area contributed by atoms with E-state index in [1.807, 2.05) is 81.4 Å². The van der Waals surface area contributed by atoms with Crippen LogP contribution in [0.2, 0.25) is 0 Å². The molecule has 1 aliphatic heterocycles. The lowest BCUT2D eigenvalue weighted by Crippen LogP contribution is -2.47. The molecule has 0 unspecified atom stereocenters. The number of hydrogen-bond donors (Lipinski definition) is 5. The molecule has 2 amide bonds. The van der Waals surface area contributed by atoms with Gasteiger partial charge in [-0.2, -0.15) is 0 Å². The number of amides is 2. The number of ether oxygens (including phenoxy) is 1. The van der Waals surface area contributed by atoms with E-state index in [1.165, 1.54) is 10.6 Å². The van der Waals surface area contributed by atoms with E-state index in [9.17, 15) is 22.8 Å². The molecule has 2 heterocycles. The third-order valence-corrected chi connectivity index (χ3v) is 10.8. The number of sulfonamides is 1. The second kappa shape index (κ2) is 14.8. The summed E-state index contributed by atoms with van der Waals surface area (Å²) < 4.78 is 36.8. The number of pyridine rings is 1. The molecule has 12 nitrogen and oxygen atoms in total. The average Bonchev–Trinajstić information content (AvgIpc) is 3.42. The quantitative estimate of drug-likeness (QED) is 0.0835. The number of nitrogens with one attached hydrogen (secondary N) is 4. The molecule has 6 N–H and O–H groups in total. The molecule has 1 aromatic heterocycles. The summed E-state index contributed by atoms with van der Waals surface area (Å²) in [5.41, 5.74) is 8.87. The Morgan fingerprint density at radius 3 is 2.14 bits per heavy atom. The van der Waals surface area contributed by atoms with Crippen molar-refractivity contribution in [3.63, 3.8) is 0 Å². The van der Waals surface area contributed by atoms with Gasteiger partial charge in [0.25, 0.3) is 21.5 Å². The Hall–Kier alpha value is -5.43. The SMILES string of the molecule is Cc1c(C)c(S(=O)(=O)NC(=N)NCCC[C@H](NC(=O)c2cccn(C(c3ccccc3)c3ccccc3)c2=O)C(N)=O)c(C)c2c1OC(C)(C)C2. The predicted molar refractivity (Wildman–Crippen MR) is 196 cm³/mol. The molecular weight excluding hydrogens is 669 g/mol. The summed E-state index contributed by atoms with van der Waals surface area (Å²) >= 11 is 0. The molecule has 0 saturated heterocycles. The van der Waals surface area contributed by atoms with Crippen molar-refractivity contribution in [3.05, 3.63) is 128 Å². The van der Waals surface area contributed by atoms with E-state index >= 15 is 0 Å². The monoisotopic (exact) mass is 712 g/mol. The van der Waals surface area contributed by atoms with Crippen LogP contribution in [-0.2, 0) is 21.2 Å². The summed E-state index contributed by atoms with van der Waals surface area (Å²) in [4.78, 5) is 39.6. The summed E-state index contributed by atoms with van der Waals surface area (Å²) in [5, 5.41) is 13.6. The van der Waals surface area contributed by atoms with Crippen molar-refractivity contribution in [1.29, 1.82) is 5.41 Å². The molecule has 5 rings (SSSR count). The van der Waals surface area contributed by atoms with Crippen LogP contribution in [0.4, 0.5) is 0 Å². The Morgan fingerprint density at radius 1 is 0.941 bits per heavy atom. The molecule has 13 heteroatoms. The maximum atomic E-state index is 13.7. The summed E-state index contributed by atoms with van der Waals surface area (Å²) in [7, 11) is -4.12. The highest BCUT2D eigenvalue weighted by atomic mass is 32.2. The zero-order valence-corrected chi connectivity index (χ0v) is 30.2. The van der Waals surface area contributed by atoms with Crippen molar-refractivity contribution in [3.8, 4) is 5.75 Å². The van der Waals surface area contributed by atoms with Crippen molar-refractivity contribution in [2.75, 3.05) is 6.54 Å². The topological polar surface area (TPSA) is 185 Å². The molecule has 51 heavy (non-hydrogen) atoms. The summed E-state index contributed by atoms with van der Waals surface area (Å²) in [6, 6.07) is 20.3. The lowest BCUT2D eigenvalue weighted by atomic mass is 9.94. The van der Waals surface area contributed by atoms with E-state index in [1.54, 1.807) is 26.1 Å². The molecule has 0 bridgehead atoms. The van der Waals surface area contributed by atoms with Gasteiger partial charge in [0.1, 0.15) is 23.0 Å².